The highest BCUT2D eigenvalue weighted by Gasteiger charge is 2.20. The minimum absolute atomic E-state index is 0.155. The molecular formula is C16H18N2OS. The highest BCUT2D eigenvalue weighted by molar-refractivity contribution is 7.19. The number of pyridine rings is 1. The Balaban J connectivity index is 2.00. The van der Waals surface area contributed by atoms with Gasteiger partial charge < -0.3 is 4.90 Å². The molecule has 0 bridgehead atoms. The largest absolute Gasteiger partial charge is 0.363 e. The average Bonchev–Trinajstić information content (AvgIpc) is 2.94. The zero-order valence-electron chi connectivity index (χ0n) is 11.6. The van der Waals surface area contributed by atoms with Gasteiger partial charge in [-0.15, -0.1) is 11.3 Å². The van der Waals surface area contributed by atoms with E-state index in [1.54, 1.807) is 30.7 Å². The number of nitrogens with zero attached hydrogens (tertiary/aromatic N) is 2. The summed E-state index contributed by atoms with van der Waals surface area (Å²) in [5.74, 6) is 0.155. The predicted octanol–water partition coefficient (Wildman–Crippen LogP) is 4.00. The monoisotopic (exact) mass is 286 g/mol. The molecule has 0 saturated carbocycles. The van der Waals surface area contributed by atoms with Gasteiger partial charge in [-0.1, -0.05) is 0 Å². The van der Waals surface area contributed by atoms with E-state index in [-0.39, 0.29) is 5.78 Å². The fourth-order valence-corrected chi connectivity index (χ4v) is 3.89. The van der Waals surface area contributed by atoms with Crippen LogP contribution in [0.5, 0.6) is 0 Å². The lowest BCUT2D eigenvalue weighted by Gasteiger charge is -2.28. The van der Waals surface area contributed by atoms with Crippen molar-refractivity contribution < 1.29 is 4.79 Å². The number of piperidine rings is 1. The van der Waals surface area contributed by atoms with Crippen LogP contribution in [0, 0.1) is 0 Å². The third kappa shape index (κ3) is 2.61. The van der Waals surface area contributed by atoms with Crippen molar-refractivity contribution in [2.24, 2.45) is 0 Å². The van der Waals surface area contributed by atoms with Gasteiger partial charge in [0.25, 0.3) is 0 Å². The van der Waals surface area contributed by atoms with Crippen LogP contribution < -0.4 is 4.90 Å². The number of hydrogen-bond donors (Lipinski definition) is 0. The third-order valence-corrected chi connectivity index (χ3v) is 4.94. The van der Waals surface area contributed by atoms with Gasteiger partial charge in [-0.05, 0) is 49.9 Å². The van der Waals surface area contributed by atoms with Crippen LogP contribution in [-0.4, -0.2) is 23.9 Å². The molecule has 3 nitrogen and oxygen atoms in total. The Morgan fingerprint density at radius 3 is 2.55 bits per heavy atom. The standard InChI is InChI=1S/C16H18N2OS/c1-12(19)14-11-15(13-5-7-17-8-6-13)20-16(14)18-9-3-2-4-10-18/h5-8,11H,2-4,9-10H2,1H3. The number of anilines is 1. The van der Waals surface area contributed by atoms with Gasteiger partial charge in [0.15, 0.2) is 5.78 Å². The first-order valence-corrected chi connectivity index (χ1v) is 7.87. The van der Waals surface area contributed by atoms with Gasteiger partial charge in [-0.25, -0.2) is 0 Å². The number of carbonyl (C=O) groups excluding carboxylic acids is 1. The van der Waals surface area contributed by atoms with Crippen LogP contribution in [0.25, 0.3) is 10.4 Å². The number of Topliss-reactive ketones (excluding diaryl/α,β-unsaturated/α-hetero) is 1. The van der Waals surface area contributed by atoms with Crippen LogP contribution in [0.1, 0.15) is 36.5 Å². The maximum atomic E-state index is 11.9. The lowest BCUT2D eigenvalue weighted by molar-refractivity contribution is 0.101. The Bertz CT molecular complexity index is 600. The van der Waals surface area contributed by atoms with Gasteiger partial charge in [-0.3, -0.25) is 9.78 Å². The summed E-state index contributed by atoms with van der Waals surface area (Å²) in [6.07, 6.45) is 7.33. The van der Waals surface area contributed by atoms with Crippen molar-refractivity contribution in [2.75, 3.05) is 18.0 Å². The molecule has 1 aliphatic heterocycles. The topological polar surface area (TPSA) is 33.2 Å². The van der Waals surface area contributed by atoms with Crippen molar-refractivity contribution in [1.29, 1.82) is 0 Å². The number of thiophene rings is 1. The quantitative estimate of drug-likeness (QED) is 0.799. The number of rotatable bonds is 3. The minimum Gasteiger partial charge on any atom is -0.363 e. The van der Waals surface area contributed by atoms with Gasteiger partial charge in [0.2, 0.25) is 0 Å². The van der Waals surface area contributed by atoms with E-state index in [9.17, 15) is 4.79 Å². The summed E-state index contributed by atoms with van der Waals surface area (Å²) in [6.45, 7) is 3.79. The van der Waals surface area contributed by atoms with Crippen LogP contribution in [0.4, 0.5) is 5.00 Å². The molecule has 1 saturated heterocycles. The summed E-state index contributed by atoms with van der Waals surface area (Å²) in [7, 11) is 0. The lowest BCUT2D eigenvalue weighted by Crippen LogP contribution is -2.29. The third-order valence-electron chi connectivity index (χ3n) is 3.70. The molecule has 0 unspecified atom stereocenters. The Labute approximate surface area is 123 Å². The smallest absolute Gasteiger partial charge is 0.162 e. The van der Waals surface area contributed by atoms with Crippen molar-refractivity contribution in [2.45, 2.75) is 26.2 Å². The van der Waals surface area contributed by atoms with Gasteiger partial charge in [-0.2, -0.15) is 0 Å². The zero-order chi connectivity index (χ0) is 13.9. The molecule has 1 aliphatic rings. The molecule has 0 aliphatic carbocycles. The van der Waals surface area contributed by atoms with E-state index in [1.165, 1.54) is 19.3 Å². The molecule has 104 valence electrons. The summed E-state index contributed by atoms with van der Waals surface area (Å²) in [4.78, 5) is 19.5. The number of carbonyl (C=O) groups is 1. The van der Waals surface area contributed by atoms with Crippen molar-refractivity contribution in [3.05, 3.63) is 36.2 Å². The maximum Gasteiger partial charge on any atom is 0.162 e. The Kier molecular flexibility index (Phi) is 3.83. The van der Waals surface area contributed by atoms with Gasteiger partial charge in [0, 0.05) is 30.4 Å². The van der Waals surface area contributed by atoms with Crippen LogP contribution in [0.3, 0.4) is 0 Å². The van der Waals surface area contributed by atoms with E-state index in [4.69, 9.17) is 0 Å². The second kappa shape index (κ2) is 5.75. The first kappa shape index (κ1) is 13.3. The predicted molar refractivity (Wildman–Crippen MR) is 83.6 cm³/mol. The average molecular weight is 286 g/mol. The first-order chi connectivity index (χ1) is 9.75. The normalized spacial score (nSPS) is 15.3. The summed E-state index contributed by atoms with van der Waals surface area (Å²) in [5, 5.41) is 1.14. The SMILES string of the molecule is CC(=O)c1cc(-c2ccncc2)sc1N1CCCCC1. The van der Waals surface area contributed by atoms with E-state index in [0.717, 1.165) is 34.1 Å². The molecule has 20 heavy (non-hydrogen) atoms. The highest BCUT2D eigenvalue weighted by atomic mass is 32.1. The molecule has 2 aromatic rings. The number of hydrogen-bond acceptors (Lipinski definition) is 4. The molecule has 0 radical (unpaired) electrons. The molecule has 0 N–H and O–H groups in total. The van der Waals surface area contributed by atoms with Crippen molar-refractivity contribution in [1.82, 2.24) is 4.98 Å². The van der Waals surface area contributed by atoms with E-state index in [0.29, 0.717) is 0 Å². The van der Waals surface area contributed by atoms with Crippen molar-refractivity contribution in [3.8, 4) is 10.4 Å². The molecule has 4 heteroatoms. The fourth-order valence-electron chi connectivity index (χ4n) is 2.62. The maximum absolute atomic E-state index is 11.9. The molecule has 0 spiro atoms. The van der Waals surface area contributed by atoms with Crippen molar-refractivity contribution in [3.63, 3.8) is 0 Å². The first-order valence-electron chi connectivity index (χ1n) is 7.06. The summed E-state index contributed by atoms with van der Waals surface area (Å²) in [5.41, 5.74) is 2.00. The Morgan fingerprint density at radius 1 is 1.20 bits per heavy atom. The molecule has 0 atom stereocenters. The summed E-state index contributed by atoms with van der Waals surface area (Å²) in [6, 6.07) is 6.03. The lowest BCUT2D eigenvalue weighted by atomic mass is 10.1. The highest BCUT2D eigenvalue weighted by Crippen LogP contribution is 2.38. The van der Waals surface area contributed by atoms with E-state index in [1.807, 2.05) is 18.2 Å². The summed E-state index contributed by atoms with van der Waals surface area (Å²) >= 11 is 1.72. The summed E-state index contributed by atoms with van der Waals surface area (Å²) < 4.78 is 0. The Hall–Kier alpha value is -1.68. The van der Waals surface area contributed by atoms with E-state index >= 15 is 0 Å². The fraction of sp³-hybridized carbons (Fsp3) is 0.375. The zero-order valence-corrected chi connectivity index (χ0v) is 12.4. The van der Waals surface area contributed by atoms with Crippen LogP contribution in [-0.2, 0) is 0 Å². The Morgan fingerprint density at radius 2 is 1.90 bits per heavy atom. The van der Waals surface area contributed by atoms with Crippen LogP contribution >= 0.6 is 11.3 Å². The second-order valence-electron chi connectivity index (χ2n) is 5.17. The second-order valence-corrected chi connectivity index (χ2v) is 6.20. The molecule has 0 amide bonds. The van der Waals surface area contributed by atoms with Gasteiger partial charge >= 0.3 is 0 Å². The molecule has 3 heterocycles. The molecule has 1 fully saturated rings. The minimum atomic E-state index is 0.155. The van der Waals surface area contributed by atoms with Crippen LogP contribution in [0.15, 0.2) is 30.6 Å². The van der Waals surface area contributed by atoms with Gasteiger partial charge in [0.1, 0.15) is 5.00 Å². The molecule has 3 rings (SSSR count). The van der Waals surface area contributed by atoms with Crippen molar-refractivity contribution >= 4 is 22.1 Å². The van der Waals surface area contributed by atoms with Gasteiger partial charge in [0.05, 0.1) is 5.56 Å². The van der Waals surface area contributed by atoms with E-state index in [2.05, 4.69) is 9.88 Å². The van der Waals surface area contributed by atoms with E-state index < -0.39 is 0 Å². The molecule has 0 aromatic carbocycles. The van der Waals surface area contributed by atoms with Crippen LogP contribution in [0.2, 0.25) is 0 Å². The molecule has 2 aromatic heterocycles. The number of ketones is 1. The number of aromatic nitrogens is 1. The molecular weight excluding hydrogens is 268 g/mol.